The minimum Gasteiger partial charge on any atom is -0.323 e. The first-order valence-corrected chi connectivity index (χ1v) is 9.70. The van der Waals surface area contributed by atoms with Crippen LogP contribution in [0.1, 0.15) is 38.2 Å². The molecule has 1 N–H and O–H groups in total. The second kappa shape index (κ2) is 8.89. The fourth-order valence-electron chi connectivity index (χ4n) is 3.19. The zero-order valence-electron chi connectivity index (χ0n) is 15.7. The van der Waals surface area contributed by atoms with Gasteiger partial charge in [-0.3, -0.25) is 18.6 Å². The van der Waals surface area contributed by atoms with Gasteiger partial charge >= 0.3 is 5.69 Å². The number of nitrogens with zero attached hydrogens (tertiary/aromatic N) is 6. The van der Waals surface area contributed by atoms with Crippen molar-refractivity contribution in [3.8, 4) is 6.07 Å². The third-order valence-electron chi connectivity index (χ3n) is 4.58. The highest BCUT2D eigenvalue weighted by molar-refractivity contribution is 6.28. The first kappa shape index (κ1) is 19.9. The van der Waals surface area contributed by atoms with Gasteiger partial charge in [-0.2, -0.15) is 15.3 Å². The monoisotopic (exact) mass is 403 g/mol. The minimum atomic E-state index is -0.411. The van der Waals surface area contributed by atoms with Crippen molar-refractivity contribution in [3.63, 3.8) is 0 Å². The summed E-state index contributed by atoms with van der Waals surface area (Å²) in [6, 6.07) is 2.03. The molecule has 0 saturated heterocycles. The number of aromatic amines is 1. The molecule has 148 valence electrons. The number of nitriles is 1. The molecule has 28 heavy (non-hydrogen) atoms. The van der Waals surface area contributed by atoms with Gasteiger partial charge < -0.3 is 4.98 Å². The van der Waals surface area contributed by atoms with E-state index in [4.69, 9.17) is 16.9 Å². The molecule has 0 aliphatic carbocycles. The summed E-state index contributed by atoms with van der Waals surface area (Å²) in [5, 5.41) is 12.9. The molecular weight excluding hydrogens is 382 g/mol. The molecule has 3 aromatic rings. The predicted molar refractivity (Wildman–Crippen MR) is 105 cm³/mol. The molecule has 10 heteroatoms. The van der Waals surface area contributed by atoms with Crippen LogP contribution in [0.2, 0.25) is 5.28 Å². The zero-order valence-corrected chi connectivity index (χ0v) is 16.4. The van der Waals surface area contributed by atoms with Crippen molar-refractivity contribution in [1.29, 1.82) is 5.26 Å². The standard InChI is InChI=1S/C18H22ClN7O2/c1-2-3-4-8-25-15-14(22-17(19)23-15)16(27)26(18(25)28)9-5-6-13-11-21-24(12-13)10-7-20/h11-12H,2-6,8-10H2,1H3,(H,22,23). The second-order valence-electron chi connectivity index (χ2n) is 6.63. The van der Waals surface area contributed by atoms with Crippen molar-refractivity contribution in [2.45, 2.75) is 58.7 Å². The number of aromatic nitrogens is 6. The summed E-state index contributed by atoms with van der Waals surface area (Å²) in [5.74, 6) is 0. The molecule has 0 atom stereocenters. The van der Waals surface area contributed by atoms with Crippen LogP contribution in [0.3, 0.4) is 0 Å². The highest BCUT2D eigenvalue weighted by Gasteiger charge is 2.16. The second-order valence-corrected chi connectivity index (χ2v) is 6.99. The number of unbranched alkanes of at least 4 members (excludes halogenated alkanes) is 2. The Bertz CT molecular complexity index is 1120. The van der Waals surface area contributed by atoms with Gasteiger partial charge in [-0.15, -0.1) is 0 Å². The molecule has 0 saturated carbocycles. The van der Waals surface area contributed by atoms with E-state index in [0.717, 1.165) is 24.8 Å². The summed E-state index contributed by atoms with van der Waals surface area (Å²) in [4.78, 5) is 32.6. The van der Waals surface area contributed by atoms with Gasteiger partial charge in [0.15, 0.2) is 11.2 Å². The highest BCUT2D eigenvalue weighted by Crippen LogP contribution is 2.11. The maximum absolute atomic E-state index is 12.9. The van der Waals surface area contributed by atoms with Gasteiger partial charge in [0.05, 0.1) is 12.3 Å². The van der Waals surface area contributed by atoms with E-state index >= 15 is 0 Å². The molecule has 0 radical (unpaired) electrons. The maximum Gasteiger partial charge on any atom is 0.332 e. The minimum absolute atomic E-state index is 0.0957. The largest absolute Gasteiger partial charge is 0.332 e. The molecule has 9 nitrogen and oxygen atoms in total. The number of aryl methyl sites for hydroxylation is 2. The fourth-order valence-corrected chi connectivity index (χ4v) is 3.37. The van der Waals surface area contributed by atoms with Crippen LogP contribution in [0.15, 0.2) is 22.0 Å². The molecule has 0 aromatic carbocycles. The summed E-state index contributed by atoms with van der Waals surface area (Å²) in [7, 11) is 0. The van der Waals surface area contributed by atoms with Crippen LogP contribution in [0.4, 0.5) is 0 Å². The Balaban J connectivity index is 1.84. The van der Waals surface area contributed by atoms with E-state index in [2.05, 4.69) is 22.0 Å². The van der Waals surface area contributed by atoms with Crippen LogP contribution in [-0.4, -0.2) is 28.9 Å². The molecule has 0 unspecified atom stereocenters. The predicted octanol–water partition coefficient (Wildman–Crippen LogP) is 2.08. The topological polar surface area (TPSA) is 114 Å². The van der Waals surface area contributed by atoms with Crippen molar-refractivity contribution in [3.05, 3.63) is 44.1 Å². The van der Waals surface area contributed by atoms with E-state index in [1.807, 2.05) is 6.07 Å². The molecule has 3 aromatic heterocycles. The lowest BCUT2D eigenvalue weighted by Gasteiger charge is -2.11. The van der Waals surface area contributed by atoms with E-state index in [1.165, 1.54) is 9.13 Å². The number of halogens is 1. The summed E-state index contributed by atoms with van der Waals surface area (Å²) in [6.45, 7) is 3.05. The Morgan fingerprint density at radius 2 is 2.00 bits per heavy atom. The number of hydrogen-bond donors (Lipinski definition) is 1. The molecule has 0 fully saturated rings. The lowest BCUT2D eigenvalue weighted by atomic mass is 10.2. The average Bonchev–Trinajstić information content (AvgIpc) is 3.27. The molecule has 0 bridgehead atoms. The van der Waals surface area contributed by atoms with Gasteiger partial charge in [0.1, 0.15) is 6.54 Å². The number of rotatable bonds is 9. The first-order chi connectivity index (χ1) is 13.5. The average molecular weight is 404 g/mol. The zero-order chi connectivity index (χ0) is 20.1. The number of imidazole rings is 1. The van der Waals surface area contributed by atoms with Crippen LogP contribution in [-0.2, 0) is 26.1 Å². The van der Waals surface area contributed by atoms with Crippen molar-refractivity contribution in [2.24, 2.45) is 0 Å². The summed E-state index contributed by atoms with van der Waals surface area (Å²) in [6.07, 6.45) is 7.57. The molecule has 0 amide bonds. The lowest BCUT2D eigenvalue weighted by Crippen LogP contribution is -2.40. The maximum atomic E-state index is 12.9. The molecule has 3 heterocycles. The third kappa shape index (κ3) is 4.17. The first-order valence-electron chi connectivity index (χ1n) is 9.32. The van der Waals surface area contributed by atoms with Crippen molar-refractivity contribution >= 4 is 22.8 Å². The highest BCUT2D eigenvalue weighted by atomic mass is 35.5. The summed E-state index contributed by atoms with van der Waals surface area (Å²) < 4.78 is 4.32. The Morgan fingerprint density at radius 1 is 1.21 bits per heavy atom. The quantitative estimate of drug-likeness (QED) is 0.434. The number of H-pyrrole nitrogens is 1. The van der Waals surface area contributed by atoms with E-state index in [-0.39, 0.29) is 29.6 Å². The van der Waals surface area contributed by atoms with Crippen LogP contribution in [0, 0.1) is 11.3 Å². The fraction of sp³-hybridized carbons (Fsp3) is 0.500. The van der Waals surface area contributed by atoms with Crippen molar-refractivity contribution in [1.82, 2.24) is 28.9 Å². The Labute approximate surface area is 166 Å². The molecular formula is C18H22ClN7O2. The van der Waals surface area contributed by atoms with E-state index in [1.54, 1.807) is 17.1 Å². The summed E-state index contributed by atoms with van der Waals surface area (Å²) >= 11 is 5.94. The van der Waals surface area contributed by atoms with Gasteiger partial charge in [-0.1, -0.05) is 19.8 Å². The number of hydrogen-bond acceptors (Lipinski definition) is 5. The van der Waals surface area contributed by atoms with Gasteiger partial charge in [0, 0.05) is 19.3 Å². The van der Waals surface area contributed by atoms with E-state index in [9.17, 15) is 9.59 Å². The van der Waals surface area contributed by atoms with Crippen LogP contribution < -0.4 is 11.2 Å². The Morgan fingerprint density at radius 3 is 2.75 bits per heavy atom. The number of fused-ring (bicyclic) bond motifs is 1. The van der Waals surface area contributed by atoms with Crippen molar-refractivity contribution < 1.29 is 0 Å². The molecule has 0 aliphatic heterocycles. The summed E-state index contributed by atoms with van der Waals surface area (Å²) in [5.41, 5.74) is 0.744. The Hall–Kier alpha value is -2.86. The molecule has 0 spiro atoms. The Kier molecular flexibility index (Phi) is 6.31. The van der Waals surface area contributed by atoms with Crippen LogP contribution >= 0.6 is 11.6 Å². The van der Waals surface area contributed by atoms with E-state index in [0.29, 0.717) is 25.0 Å². The van der Waals surface area contributed by atoms with E-state index < -0.39 is 5.56 Å². The van der Waals surface area contributed by atoms with Gasteiger partial charge in [0.25, 0.3) is 5.56 Å². The third-order valence-corrected chi connectivity index (χ3v) is 4.76. The van der Waals surface area contributed by atoms with Crippen molar-refractivity contribution in [2.75, 3.05) is 0 Å². The normalized spacial score (nSPS) is 11.2. The smallest absolute Gasteiger partial charge is 0.323 e. The molecule has 0 aliphatic rings. The van der Waals surface area contributed by atoms with Gasteiger partial charge in [0.2, 0.25) is 5.28 Å². The van der Waals surface area contributed by atoms with Gasteiger partial charge in [-0.25, -0.2) is 4.79 Å². The number of nitrogens with one attached hydrogen (secondary N) is 1. The van der Waals surface area contributed by atoms with Crippen LogP contribution in [0.25, 0.3) is 11.2 Å². The van der Waals surface area contributed by atoms with Crippen LogP contribution in [0.5, 0.6) is 0 Å². The molecule has 3 rings (SSSR count). The SMILES string of the molecule is CCCCCn1c(=O)n(CCCc2cnn(CC#N)c2)c(=O)c2[nH]c(Cl)nc21. The van der Waals surface area contributed by atoms with Gasteiger partial charge in [-0.05, 0) is 36.4 Å². The lowest BCUT2D eigenvalue weighted by molar-refractivity contribution is 0.526.